The lowest BCUT2D eigenvalue weighted by atomic mass is 9.88. The molecule has 0 amide bonds. The second kappa shape index (κ2) is 6.02. The highest BCUT2D eigenvalue weighted by Crippen LogP contribution is 2.42. The topological polar surface area (TPSA) is 15.3 Å². The van der Waals surface area contributed by atoms with E-state index >= 15 is 0 Å². The Bertz CT molecular complexity index is 477. The number of nitrogens with one attached hydrogen (secondary N) is 1. The van der Waals surface area contributed by atoms with Gasteiger partial charge >= 0.3 is 0 Å². The van der Waals surface area contributed by atoms with E-state index in [-0.39, 0.29) is 0 Å². The molecule has 2 fully saturated rings. The molecule has 118 valence electrons. The Kier molecular flexibility index (Phi) is 4.45. The van der Waals surface area contributed by atoms with Crippen LogP contribution in [0.25, 0.3) is 0 Å². The van der Waals surface area contributed by atoms with Gasteiger partial charge in [-0.3, -0.25) is 4.90 Å². The van der Waals surface area contributed by atoms with Gasteiger partial charge in [-0.05, 0) is 50.2 Å². The fourth-order valence-corrected chi connectivity index (χ4v) is 4.77. The van der Waals surface area contributed by atoms with E-state index in [0.717, 1.165) is 19.0 Å². The van der Waals surface area contributed by atoms with Crippen LogP contribution >= 0.6 is 11.3 Å². The molecular weight excluding hydrogens is 276 g/mol. The Morgan fingerprint density at radius 1 is 1.33 bits per heavy atom. The summed E-state index contributed by atoms with van der Waals surface area (Å²) in [6, 6.07) is 5.33. The smallest absolute Gasteiger partial charge is 0.0332 e. The van der Waals surface area contributed by atoms with Gasteiger partial charge in [-0.25, -0.2) is 0 Å². The van der Waals surface area contributed by atoms with Crippen molar-refractivity contribution in [1.29, 1.82) is 0 Å². The summed E-state index contributed by atoms with van der Waals surface area (Å²) in [7, 11) is 0. The van der Waals surface area contributed by atoms with Crippen molar-refractivity contribution in [2.45, 2.75) is 65.1 Å². The lowest BCUT2D eigenvalue weighted by Crippen LogP contribution is -2.64. The van der Waals surface area contributed by atoms with E-state index < -0.39 is 0 Å². The van der Waals surface area contributed by atoms with Crippen LogP contribution in [0.4, 0.5) is 0 Å². The Morgan fingerprint density at radius 2 is 2.05 bits per heavy atom. The van der Waals surface area contributed by atoms with Crippen LogP contribution in [-0.4, -0.2) is 29.6 Å². The highest BCUT2D eigenvalue weighted by Gasteiger charge is 2.46. The summed E-state index contributed by atoms with van der Waals surface area (Å²) < 4.78 is 0. The molecule has 1 aliphatic carbocycles. The number of piperazine rings is 1. The van der Waals surface area contributed by atoms with E-state index in [0.29, 0.717) is 17.5 Å². The molecule has 0 spiro atoms. The van der Waals surface area contributed by atoms with Crippen LogP contribution in [0.3, 0.4) is 0 Å². The summed E-state index contributed by atoms with van der Waals surface area (Å²) in [6.07, 6.45) is 4.00. The molecule has 0 aromatic carbocycles. The first-order chi connectivity index (χ1) is 10.0. The summed E-state index contributed by atoms with van der Waals surface area (Å²) in [5.41, 5.74) is 0.343. The number of hydrogen-bond acceptors (Lipinski definition) is 3. The first kappa shape index (κ1) is 15.5. The highest BCUT2D eigenvalue weighted by atomic mass is 32.1. The molecule has 3 rings (SSSR count). The van der Waals surface area contributed by atoms with Gasteiger partial charge in [0.15, 0.2) is 0 Å². The van der Waals surface area contributed by atoms with Gasteiger partial charge in [-0.15, -0.1) is 11.3 Å². The number of thiophene rings is 1. The van der Waals surface area contributed by atoms with E-state index in [2.05, 4.69) is 50.0 Å². The molecule has 3 heteroatoms. The predicted octanol–water partition coefficient (Wildman–Crippen LogP) is 3.91. The average molecular weight is 307 g/mol. The van der Waals surface area contributed by atoms with E-state index in [1.54, 1.807) is 0 Å². The summed E-state index contributed by atoms with van der Waals surface area (Å²) in [5, 5.41) is 3.88. The van der Waals surface area contributed by atoms with Crippen LogP contribution in [0.15, 0.2) is 12.1 Å². The largest absolute Gasteiger partial charge is 0.308 e. The Balaban J connectivity index is 1.73. The normalized spacial score (nSPS) is 31.0. The lowest BCUT2D eigenvalue weighted by Gasteiger charge is -2.48. The van der Waals surface area contributed by atoms with Gasteiger partial charge in [0.1, 0.15) is 0 Å². The standard InChI is InChI=1S/C18H30N2S/c1-5-15-8-9-16(21-15)11-20-12-18(4,14-6-7-14)19-10-17(20)13(2)3/h8-9,13-14,17,19H,5-7,10-12H2,1-4H3. The molecule has 2 aliphatic rings. The molecule has 1 saturated carbocycles. The van der Waals surface area contributed by atoms with Crippen molar-refractivity contribution in [3.05, 3.63) is 21.9 Å². The third kappa shape index (κ3) is 3.35. The minimum atomic E-state index is 0.343. The molecule has 2 unspecified atom stereocenters. The van der Waals surface area contributed by atoms with Gasteiger partial charge in [0, 0.05) is 41.0 Å². The molecule has 2 atom stereocenters. The maximum atomic E-state index is 3.88. The first-order valence-corrected chi connectivity index (χ1v) is 9.40. The van der Waals surface area contributed by atoms with E-state index in [4.69, 9.17) is 0 Å². The minimum absolute atomic E-state index is 0.343. The molecule has 1 aromatic rings. The number of rotatable bonds is 5. The molecule has 1 saturated heterocycles. The second-order valence-electron chi connectivity index (χ2n) is 7.51. The van der Waals surface area contributed by atoms with Crippen molar-refractivity contribution < 1.29 is 0 Å². The van der Waals surface area contributed by atoms with Gasteiger partial charge in [-0.2, -0.15) is 0 Å². The van der Waals surface area contributed by atoms with Crippen molar-refractivity contribution in [2.24, 2.45) is 11.8 Å². The van der Waals surface area contributed by atoms with Crippen molar-refractivity contribution in [1.82, 2.24) is 10.2 Å². The molecular formula is C18H30N2S. The summed E-state index contributed by atoms with van der Waals surface area (Å²) in [4.78, 5) is 5.81. The summed E-state index contributed by atoms with van der Waals surface area (Å²) in [6.45, 7) is 12.9. The molecule has 21 heavy (non-hydrogen) atoms. The third-order valence-corrected chi connectivity index (χ3v) is 6.60. The first-order valence-electron chi connectivity index (χ1n) is 8.58. The van der Waals surface area contributed by atoms with E-state index in [1.807, 2.05) is 11.3 Å². The highest BCUT2D eigenvalue weighted by molar-refractivity contribution is 7.11. The van der Waals surface area contributed by atoms with Crippen LogP contribution < -0.4 is 5.32 Å². The molecule has 2 heterocycles. The molecule has 0 bridgehead atoms. The van der Waals surface area contributed by atoms with Gasteiger partial charge in [0.2, 0.25) is 0 Å². The van der Waals surface area contributed by atoms with Gasteiger partial charge in [0.25, 0.3) is 0 Å². The van der Waals surface area contributed by atoms with E-state index in [9.17, 15) is 0 Å². The van der Waals surface area contributed by atoms with Gasteiger partial charge in [-0.1, -0.05) is 20.8 Å². The van der Waals surface area contributed by atoms with Gasteiger partial charge < -0.3 is 5.32 Å². The fraction of sp³-hybridized carbons (Fsp3) is 0.778. The monoisotopic (exact) mass is 306 g/mol. The van der Waals surface area contributed by atoms with Crippen LogP contribution in [0.5, 0.6) is 0 Å². The average Bonchev–Trinajstić information content (AvgIpc) is 3.21. The Labute approximate surface area is 133 Å². The quantitative estimate of drug-likeness (QED) is 0.887. The Hall–Kier alpha value is -0.380. The third-order valence-electron chi connectivity index (χ3n) is 5.39. The number of hydrogen-bond donors (Lipinski definition) is 1. The minimum Gasteiger partial charge on any atom is -0.308 e. The van der Waals surface area contributed by atoms with Crippen LogP contribution in [0, 0.1) is 11.8 Å². The SMILES string of the molecule is CCc1ccc(CN2CC(C)(C3CC3)NCC2C(C)C)s1. The van der Waals surface area contributed by atoms with Crippen molar-refractivity contribution >= 4 is 11.3 Å². The molecule has 0 radical (unpaired) electrons. The van der Waals surface area contributed by atoms with Gasteiger partial charge in [0.05, 0.1) is 0 Å². The molecule has 1 N–H and O–H groups in total. The van der Waals surface area contributed by atoms with Crippen LogP contribution in [0.2, 0.25) is 0 Å². The van der Waals surface area contributed by atoms with E-state index in [1.165, 1.54) is 35.6 Å². The maximum Gasteiger partial charge on any atom is 0.0332 e. The predicted molar refractivity (Wildman–Crippen MR) is 91.9 cm³/mol. The van der Waals surface area contributed by atoms with Crippen LogP contribution in [0.1, 0.15) is 50.3 Å². The summed E-state index contributed by atoms with van der Waals surface area (Å²) in [5.74, 6) is 1.62. The van der Waals surface area contributed by atoms with Crippen molar-refractivity contribution in [3.63, 3.8) is 0 Å². The zero-order valence-corrected chi connectivity index (χ0v) is 14.8. The number of nitrogens with zero attached hydrogens (tertiary/aromatic N) is 1. The van der Waals surface area contributed by atoms with Crippen molar-refractivity contribution in [3.8, 4) is 0 Å². The van der Waals surface area contributed by atoms with Crippen molar-refractivity contribution in [2.75, 3.05) is 13.1 Å². The second-order valence-corrected chi connectivity index (χ2v) is 8.76. The zero-order chi connectivity index (χ0) is 15.0. The Morgan fingerprint density at radius 3 is 2.62 bits per heavy atom. The van der Waals surface area contributed by atoms with Crippen LogP contribution in [-0.2, 0) is 13.0 Å². The maximum absolute atomic E-state index is 3.88. The number of aryl methyl sites for hydroxylation is 1. The zero-order valence-electron chi connectivity index (χ0n) is 14.0. The fourth-order valence-electron chi connectivity index (χ4n) is 3.78. The molecule has 1 aromatic heterocycles. The summed E-state index contributed by atoms with van der Waals surface area (Å²) >= 11 is 2.00. The lowest BCUT2D eigenvalue weighted by molar-refractivity contribution is 0.0470. The molecule has 2 nitrogen and oxygen atoms in total. The molecule has 1 aliphatic heterocycles.